The summed E-state index contributed by atoms with van der Waals surface area (Å²) in [5.74, 6) is 0.131. The molecule has 1 aromatic heterocycles. The monoisotopic (exact) mass is 537 g/mol. The average molecular weight is 538 g/mol. The molecule has 0 saturated carbocycles. The smallest absolute Gasteiger partial charge is 0.184 e. The molecule has 0 aliphatic carbocycles. The molecule has 1 aliphatic heterocycles. The van der Waals surface area contributed by atoms with E-state index in [0.717, 1.165) is 58.6 Å². The van der Waals surface area contributed by atoms with E-state index in [1.54, 1.807) is 0 Å². The molecule has 208 valence electrons. The van der Waals surface area contributed by atoms with Crippen LogP contribution < -0.4 is 5.73 Å². The van der Waals surface area contributed by atoms with Crippen molar-refractivity contribution in [3.8, 4) is 11.1 Å². The molecule has 0 bridgehead atoms. The summed E-state index contributed by atoms with van der Waals surface area (Å²) in [4.78, 5) is 6.78. The topological polar surface area (TPSA) is 80.8 Å². The number of ether oxygens (including phenoxy) is 2. The predicted molar refractivity (Wildman–Crippen MR) is 158 cm³/mol. The molecule has 4 atom stereocenters. The van der Waals surface area contributed by atoms with Crippen LogP contribution in [0.1, 0.15) is 47.3 Å². The van der Waals surface area contributed by atoms with Gasteiger partial charge in [-0.25, -0.2) is 0 Å². The Balaban J connectivity index is 1.35. The van der Waals surface area contributed by atoms with Gasteiger partial charge in [0.2, 0.25) is 0 Å². The predicted octanol–water partition coefficient (Wildman–Crippen LogP) is 5.67. The Morgan fingerprint density at radius 3 is 2.33 bits per heavy atom. The Bertz CT molecular complexity index is 1350. The number of aromatic nitrogens is 1. The fraction of sp³-hybridized carbons (Fsp3) is 0.324. The van der Waals surface area contributed by atoms with E-state index in [2.05, 4.69) is 78.5 Å². The Morgan fingerprint density at radius 1 is 0.850 bits per heavy atom. The second-order valence-electron chi connectivity index (χ2n) is 10.7. The van der Waals surface area contributed by atoms with Crippen LogP contribution in [0.15, 0.2) is 97.2 Å². The number of likely N-dealkylation sites (N-methyl/N-ethyl adjacent to an activating group) is 1. The molecule has 0 unspecified atom stereocenters. The van der Waals surface area contributed by atoms with Gasteiger partial charge < -0.3 is 25.2 Å². The maximum absolute atomic E-state index is 9.52. The van der Waals surface area contributed by atoms with E-state index in [0.29, 0.717) is 6.54 Å². The molecule has 6 heteroatoms. The molecule has 5 rings (SSSR count). The molecule has 1 aliphatic rings. The van der Waals surface area contributed by atoms with Gasteiger partial charge in [0.15, 0.2) is 6.29 Å². The lowest BCUT2D eigenvalue weighted by molar-refractivity contribution is -0.275. The number of nitrogens with zero attached hydrogens (tertiary/aromatic N) is 2. The van der Waals surface area contributed by atoms with E-state index >= 15 is 0 Å². The molecule has 6 nitrogen and oxygen atoms in total. The first-order chi connectivity index (χ1) is 19.5. The van der Waals surface area contributed by atoms with E-state index in [-0.39, 0.29) is 24.7 Å². The van der Waals surface area contributed by atoms with Crippen LogP contribution in [0.25, 0.3) is 11.1 Å². The molecule has 0 amide bonds. The summed E-state index contributed by atoms with van der Waals surface area (Å²) in [5, 5.41) is 9.52. The van der Waals surface area contributed by atoms with Gasteiger partial charge >= 0.3 is 0 Å². The molecule has 1 saturated heterocycles. The van der Waals surface area contributed by atoms with Gasteiger partial charge in [0.05, 0.1) is 18.8 Å². The number of hydrogen-bond acceptors (Lipinski definition) is 6. The van der Waals surface area contributed by atoms with Crippen molar-refractivity contribution < 1.29 is 14.6 Å². The molecule has 2 heterocycles. The zero-order chi connectivity index (χ0) is 27.9. The Morgan fingerprint density at radius 2 is 1.62 bits per heavy atom. The lowest BCUT2D eigenvalue weighted by atomic mass is 9.90. The molecule has 40 heavy (non-hydrogen) atoms. The number of aliphatic hydroxyl groups excluding tert-OH is 1. The van der Waals surface area contributed by atoms with E-state index < -0.39 is 6.29 Å². The third kappa shape index (κ3) is 6.84. The lowest BCUT2D eigenvalue weighted by Gasteiger charge is -2.42. The number of pyridine rings is 1. The van der Waals surface area contributed by atoms with Gasteiger partial charge in [0.25, 0.3) is 0 Å². The minimum absolute atomic E-state index is 0.0251. The van der Waals surface area contributed by atoms with Crippen LogP contribution in [0.2, 0.25) is 0 Å². The van der Waals surface area contributed by atoms with Gasteiger partial charge in [-0.15, -0.1) is 0 Å². The fourth-order valence-electron chi connectivity index (χ4n) is 5.29. The first-order valence-corrected chi connectivity index (χ1v) is 14.0. The largest absolute Gasteiger partial charge is 0.392 e. The van der Waals surface area contributed by atoms with Crippen molar-refractivity contribution in [1.29, 1.82) is 0 Å². The number of hydrogen-bond donors (Lipinski definition) is 2. The van der Waals surface area contributed by atoms with Gasteiger partial charge in [-0.3, -0.25) is 4.98 Å². The van der Waals surface area contributed by atoms with E-state index in [4.69, 9.17) is 15.2 Å². The summed E-state index contributed by atoms with van der Waals surface area (Å²) in [5.41, 5.74) is 13.3. The van der Waals surface area contributed by atoms with Crippen LogP contribution in [-0.4, -0.2) is 41.2 Å². The van der Waals surface area contributed by atoms with Crippen LogP contribution in [0.5, 0.6) is 0 Å². The zero-order valence-electron chi connectivity index (χ0n) is 23.3. The van der Waals surface area contributed by atoms with Gasteiger partial charge in [0.1, 0.15) is 0 Å². The number of benzene rings is 3. The van der Waals surface area contributed by atoms with Crippen molar-refractivity contribution in [3.05, 3.63) is 125 Å². The summed E-state index contributed by atoms with van der Waals surface area (Å²) in [7, 11) is 2.14. The minimum atomic E-state index is -0.489. The first-order valence-electron chi connectivity index (χ1n) is 14.0. The Labute approximate surface area is 237 Å². The highest BCUT2D eigenvalue weighted by atomic mass is 16.7. The number of nitrogens with two attached hydrogens (primary N) is 1. The van der Waals surface area contributed by atoms with Crippen LogP contribution in [0.4, 0.5) is 0 Å². The highest BCUT2D eigenvalue weighted by Gasteiger charge is 2.38. The molecule has 3 N–H and O–H groups in total. The molecule has 0 spiro atoms. The van der Waals surface area contributed by atoms with E-state index in [1.165, 1.54) is 0 Å². The van der Waals surface area contributed by atoms with Crippen molar-refractivity contribution in [2.24, 2.45) is 11.7 Å². The summed E-state index contributed by atoms with van der Waals surface area (Å²) in [6.45, 7) is 4.42. The highest BCUT2D eigenvalue weighted by Crippen LogP contribution is 2.42. The Kier molecular flexibility index (Phi) is 9.37. The summed E-state index contributed by atoms with van der Waals surface area (Å²) in [6, 6.07) is 30.9. The van der Waals surface area contributed by atoms with E-state index in [1.807, 2.05) is 42.6 Å². The van der Waals surface area contributed by atoms with Crippen LogP contribution in [-0.2, 0) is 29.0 Å². The highest BCUT2D eigenvalue weighted by molar-refractivity contribution is 5.64. The van der Waals surface area contributed by atoms with Crippen molar-refractivity contribution >= 4 is 0 Å². The maximum atomic E-state index is 9.52. The van der Waals surface area contributed by atoms with Crippen LogP contribution >= 0.6 is 0 Å². The maximum Gasteiger partial charge on any atom is 0.184 e. The lowest BCUT2D eigenvalue weighted by Crippen LogP contribution is -2.43. The van der Waals surface area contributed by atoms with Crippen LogP contribution in [0.3, 0.4) is 0 Å². The molecular weight excluding hydrogens is 498 g/mol. The van der Waals surface area contributed by atoms with Gasteiger partial charge in [0, 0.05) is 49.4 Å². The third-order valence-electron chi connectivity index (χ3n) is 7.77. The first kappa shape index (κ1) is 28.1. The molecule has 1 fully saturated rings. The standard InChI is InChI=1S/C34H39N3O3/c1-24-32(22-37(2)19-17-31-8-3-4-18-36-31)39-34(40-33(24)28-11-9-25(23-38)10-12-28)29-15-13-27(14-16-29)30-7-5-6-26(20-30)21-35/h3-16,18,20,24,32-34,38H,17,19,21-23,35H2,1-2H3/t24-,32+,33+,34+/m0/s1. The van der Waals surface area contributed by atoms with Gasteiger partial charge in [-0.05, 0) is 53.1 Å². The fourth-order valence-corrected chi connectivity index (χ4v) is 5.29. The normalized spacial score (nSPS) is 21.0. The second kappa shape index (κ2) is 13.3. The Hall–Kier alpha value is -3.39. The van der Waals surface area contributed by atoms with Crippen molar-refractivity contribution in [2.75, 3.05) is 20.1 Å². The summed E-state index contributed by atoms with van der Waals surface area (Å²) >= 11 is 0. The average Bonchev–Trinajstić information content (AvgIpc) is 3.01. The molecule has 0 radical (unpaired) electrons. The second-order valence-corrected chi connectivity index (χ2v) is 10.7. The van der Waals surface area contributed by atoms with Gasteiger partial charge in [-0.2, -0.15) is 0 Å². The van der Waals surface area contributed by atoms with E-state index in [9.17, 15) is 5.11 Å². The summed E-state index contributed by atoms with van der Waals surface area (Å²) in [6.07, 6.45) is 2.07. The number of rotatable bonds is 10. The summed E-state index contributed by atoms with van der Waals surface area (Å²) < 4.78 is 13.3. The van der Waals surface area contributed by atoms with Crippen molar-refractivity contribution in [3.63, 3.8) is 0 Å². The third-order valence-corrected chi connectivity index (χ3v) is 7.77. The molecule has 3 aromatic carbocycles. The molecule has 4 aromatic rings. The van der Waals surface area contributed by atoms with Gasteiger partial charge in [-0.1, -0.05) is 79.7 Å². The SMILES string of the molecule is C[C@H]1[C@@H](CN(C)CCc2ccccn2)O[C@@H](c2ccc(-c3cccc(CN)c3)cc2)O[C@H]1c1ccc(CO)cc1. The van der Waals surface area contributed by atoms with Crippen molar-refractivity contribution in [1.82, 2.24) is 9.88 Å². The quantitative estimate of drug-likeness (QED) is 0.272. The zero-order valence-corrected chi connectivity index (χ0v) is 23.3. The van der Waals surface area contributed by atoms with Crippen LogP contribution in [0, 0.1) is 5.92 Å². The minimum Gasteiger partial charge on any atom is -0.392 e. The molecular formula is C34H39N3O3. The number of aliphatic hydroxyl groups is 1. The van der Waals surface area contributed by atoms with Crippen molar-refractivity contribution in [2.45, 2.75) is 45.0 Å².